The number of rotatable bonds is 7. The second-order valence-electron chi connectivity index (χ2n) is 7.44. The number of amides is 1. The number of benzene rings is 2. The van der Waals surface area contributed by atoms with Crippen molar-refractivity contribution in [1.82, 2.24) is 9.78 Å². The van der Waals surface area contributed by atoms with E-state index in [-0.39, 0.29) is 5.69 Å². The number of carbonyl (C=O) groups is 1. The first kappa shape index (κ1) is 21.5. The summed E-state index contributed by atoms with van der Waals surface area (Å²) in [6, 6.07) is 12.8. The Balaban J connectivity index is 1.47. The van der Waals surface area contributed by atoms with Gasteiger partial charge in [0.1, 0.15) is 17.5 Å². The number of para-hydroxylation sites is 1. The van der Waals surface area contributed by atoms with E-state index in [4.69, 9.17) is 4.84 Å². The molecule has 1 aliphatic heterocycles. The third-order valence-electron chi connectivity index (χ3n) is 5.14. The first-order chi connectivity index (χ1) is 15.5. The van der Waals surface area contributed by atoms with Crippen LogP contribution >= 0.6 is 0 Å². The summed E-state index contributed by atoms with van der Waals surface area (Å²) in [5, 5.41) is 11.0. The molecule has 2 aromatic carbocycles. The summed E-state index contributed by atoms with van der Waals surface area (Å²) in [6.07, 6.45) is 3.75. The number of anilines is 2. The lowest BCUT2D eigenvalue weighted by molar-refractivity contribution is -0.120. The van der Waals surface area contributed by atoms with Gasteiger partial charge in [-0.1, -0.05) is 23.4 Å². The molecule has 1 saturated heterocycles. The van der Waals surface area contributed by atoms with Gasteiger partial charge >= 0.3 is 0 Å². The van der Waals surface area contributed by atoms with Crippen molar-refractivity contribution in [3.8, 4) is 5.69 Å². The predicted octanol–water partition coefficient (Wildman–Crippen LogP) is 4.05. The van der Waals surface area contributed by atoms with Crippen molar-refractivity contribution in [3.05, 3.63) is 71.4 Å². The average Bonchev–Trinajstić information content (AvgIpc) is 3.42. The number of oxime groups is 1. The first-order valence-corrected chi connectivity index (χ1v) is 10.3. The lowest BCUT2D eigenvalue weighted by atomic mass is 10.2. The Morgan fingerprint density at radius 1 is 1.19 bits per heavy atom. The minimum absolute atomic E-state index is 0.125. The van der Waals surface area contributed by atoms with Crippen molar-refractivity contribution < 1.29 is 18.4 Å². The molecule has 4 rings (SSSR count). The van der Waals surface area contributed by atoms with Gasteiger partial charge in [0.15, 0.2) is 6.61 Å². The monoisotopic (exact) mass is 439 g/mol. The van der Waals surface area contributed by atoms with Crippen molar-refractivity contribution in [3.63, 3.8) is 0 Å². The van der Waals surface area contributed by atoms with Crippen molar-refractivity contribution in [2.24, 2.45) is 5.16 Å². The molecule has 1 aliphatic rings. The van der Waals surface area contributed by atoms with Crippen molar-refractivity contribution in [2.45, 2.75) is 19.8 Å². The number of hydrogen-bond donors (Lipinski definition) is 1. The van der Waals surface area contributed by atoms with Gasteiger partial charge in [-0.2, -0.15) is 5.10 Å². The van der Waals surface area contributed by atoms with Gasteiger partial charge in [-0.3, -0.25) is 4.79 Å². The topological polar surface area (TPSA) is 71.8 Å². The summed E-state index contributed by atoms with van der Waals surface area (Å²) in [5.41, 5.74) is 2.40. The summed E-state index contributed by atoms with van der Waals surface area (Å²) >= 11 is 0. The van der Waals surface area contributed by atoms with Crippen molar-refractivity contribution in [1.29, 1.82) is 0 Å². The Morgan fingerprint density at radius 3 is 2.66 bits per heavy atom. The van der Waals surface area contributed by atoms with Gasteiger partial charge in [0.2, 0.25) is 0 Å². The summed E-state index contributed by atoms with van der Waals surface area (Å²) in [6.45, 7) is 3.32. The van der Waals surface area contributed by atoms with Crippen LogP contribution in [0.5, 0.6) is 0 Å². The fourth-order valence-electron chi connectivity index (χ4n) is 3.62. The van der Waals surface area contributed by atoms with Crippen LogP contribution in [-0.4, -0.2) is 41.6 Å². The molecule has 0 radical (unpaired) electrons. The maximum atomic E-state index is 13.7. The van der Waals surface area contributed by atoms with E-state index >= 15 is 0 Å². The van der Waals surface area contributed by atoms with Crippen molar-refractivity contribution >= 4 is 23.6 Å². The van der Waals surface area contributed by atoms with Crippen LogP contribution in [0.15, 0.2) is 53.7 Å². The number of aromatic nitrogens is 2. The van der Waals surface area contributed by atoms with Crippen LogP contribution < -0.4 is 10.2 Å². The highest BCUT2D eigenvalue weighted by Gasteiger charge is 2.23. The molecule has 166 valence electrons. The van der Waals surface area contributed by atoms with Crippen molar-refractivity contribution in [2.75, 3.05) is 29.9 Å². The molecule has 32 heavy (non-hydrogen) atoms. The fourth-order valence-corrected chi connectivity index (χ4v) is 3.62. The summed E-state index contributed by atoms with van der Waals surface area (Å²) in [5.74, 6) is -1.26. The van der Waals surface area contributed by atoms with E-state index in [1.807, 2.05) is 41.9 Å². The summed E-state index contributed by atoms with van der Waals surface area (Å²) in [4.78, 5) is 19.4. The molecule has 3 aromatic rings. The molecule has 0 aliphatic carbocycles. The van der Waals surface area contributed by atoms with E-state index < -0.39 is 24.1 Å². The second kappa shape index (κ2) is 9.59. The standard InChI is InChI=1S/C23H23F2N5O2/c1-16-19(14-26-32-15-22(31)27-21-10-9-17(24)13-20(21)25)23(29-11-5-6-12-29)30(28-16)18-7-3-2-4-8-18/h2-4,7-10,13-14H,5-6,11-12,15H2,1H3,(H,27,31)/b26-14+. The minimum atomic E-state index is -0.860. The normalized spacial score (nSPS) is 13.7. The molecule has 1 amide bonds. The zero-order chi connectivity index (χ0) is 22.5. The Hall–Kier alpha value is -3.75. The summed E-state index contributed by atoms with van der Waals surface area (Å²) in [7, 11) is 0. The zero-order valence-corrected chi connectivity index (χ0v) is 17.6. The molecular formula is C23H23F2N5O2. The quantitative estimate of drug-likeness (QED) is 0.445. The third-order valence-corrected chi connectivity index (χ3v) is 5.14. The highest BCUT2D eigenvalue weighted by molar-refractivity contribution is 5.92. The van der Waals surface area contributed by atoms with Gasteiger partial charge in [0.05, 0.1) is 28.8 Å². The van der Waals surface area contributed by atoms with Gasteiger partial charge in [0.25, 0.3) is 5.91 Å². The third kappa shape index (κ3) is 4.77. The van der Waals surface area contributed by atoms with E-state index in [1.54, 1.807) is 6.21 Å². The van der Waals surface area contributed by atoms with E-state index in [0.29, 0.717) is 6.07 Å². The number of aryl methyl sites for hydroxylation is 1. The Bertz CT molecular complexity index is 1120. The smallest absolute Gasteiger partial charge is 0.265 e. The number of carbonyl (C=O) groups excluding carboxylic acids is 1. The zero-order valence-electron chi connectivity index (χ0n) is 17.6. The molecule has 9 heteroatoms. The first-order valence-electron chi connectivity index (χ1n) is 10.3. The highest BCUT2D eigenvalue weighted by atomic mass is 19.1. The Kier molecular flexibility index (Phi) is 6.44. The lowest BCUT2D eigenvalue weighted by Gasteiger charge is -2.20. The molecule has 1 fully saturated rings. The second-order valence-corrected chi connectivity index (χ2v) is 7.44. The van der Waals surface area contributed by atoms with Gasteiger partial charge < -0.3 is 15.1 Å². The van der Waals surface area contributed by atoms with Crippen LogP contribution in [0.1, 0.15) is 24.1 Å². The molecule has 0 saturated carbocycles. The van der Waals surface area contributed by atoms with E-state index in [2.05, 4.69) is 20.5 Å². The van der Waals surface area contributed by atoms with Crippen LogP contribution in [0.3, 0.4) is 0 Å². The average molecular weight is 439 g/mol. The van der Waals surface area contributed by atoms with Gasteiger partial charge in [-0.25, -0.2) is 13.5 Å². The van der Waals surface area contributed by atoms with Crippen LogP contribution in [0.2, 0.25) is 0 Å². The Labute approximate surface area is 184 Å². The van der Waals surface area contributed by atoms with Crippen LogP contribution in [0, 0.1) is 18.6 Å². The number of nitrogens with zero attached hydrogens (tertiary/aromatic N) is 4. The maximum Gasteiger partial charge on any atom is 0.265 e. The van der Waals surface area contributed by atoms with Crippen LogP contribution in [0.4, 0.5) is 20.3 Å². The summed E-state index contributed by atoms with van der Waals surface area (Å²) < 4.78 is 28.5. The molecule has 0 atom stereocenters. The maximum absolute atomic E-state index is 13.7. The molecule has 1 aromatic heterocycles. The van der Waals surface area contributed by atoms with Gasteiger partial charge in [-0.15, -0.1) is 0 Å². The van der Waals surface area contributed by atoms with E-state index in [9.17, 15) is 13.6 Å². The fraction of sp³-hybridized carbons (Fsp3) is 0.261. The molecule has 2 heterocycles. The van der Waals surface area contributed by atoms with Gasteiger partial charge in [-0.05, 0) is 44.0 Å². The molecule has 1 N–H and O–H groups in total. The molecule has 7 nitrogen and oxygen atoms in total. The molecule has 0 spiro atoms. The molecule has 0 bridgehead atoms. The van der Waals surface area contributed by atoms with Gasteiger partial charge in [0, 0.05) is 19.2 Å². The minimum Gasteiger partial charge on any atom is -0.386 e. The molecular weight excluding hydrogens is 416 g/mol. The highest BCUT2D eigenvalue weighted by Crippen LogP contribution is 2.29. The van der Waals surface area contributed by atoms with E-state index in [1.165, 1.54) is 0 Å². The van der Waals surface area contributed by atoms with Crippen LogP contribution in [0.25, 0.3) is 5.69 Å². The Morgan fingerprint density at radius 2 is 1.94 bits per heavy atom. The largest absolute Gasteiger partial charge is 0.386 e. The number of halogens is 2. The predicted molar refractivity (Wildman–Crippen MR) is 118 cm³/mol. The lowest BCUT2D eigenvalue weighted by Crippen LogP contribution is -2.22. The molecule has 0 unspecified atom stereocenters. The SMILES string of the molecule is Cc1nn(-c2ccccc2)c(N2CCCC2)c1/C=N/OCC(=O)Nc1ccc(F)cc1F. The number of nitrogens with one attached hydrogen (secondary N) is 1. The number of hydrogen-bond acceptors (Lipinski definition) is 5. The van der Waals surface area contributed by atoms with E-state index in [0.717, 1.165) is 60.8 Å². The van der Waals surface area contributed by atoms with Crippen LogP contribution in [-0.2, 0) is 9.63 Å².